The van der Waals surface area contributed by atoms with Gasteiger partial charge in [-0.25, -0.2) is 0 Å². The van der Waals surface area contributed by atoms with Crippen molar-refractivity contribution in [3.8, 4) is 0 Å². The maximum Gasteiger partial charge on any atom is 0.0136 e. The van der Waals surface area contributed by atoms with Crippen molar-refractivity contribution in [3.63, 3.8) is 0 Å². The molecular weight excluding hydrogens is 230 g/mol. The summed E-state index contributed by atoms with van der Waals surface area (Å²) in [5.41, 5.74) is 4.75. The first kappa shape index (κ1) is 13.2. The fraction of sp³-hybridized carbons (Fsp3) is 0.667. The van der Waals surface area contributed by atoms with Gasteiger partial charge in [0.1, 0.15) is 0 Å². The van der Waals surface area contributed by atoms with Gasteiger partial charge in [-0.3, -0.25) is 0 Å². The van der Waals surface area contributed by atoms with E-state index in [9.17, 15) is 0 Å². The number of fused-ring (bicyclic) bond motifs is 1. The van der Waals surface area contributed by atoms with Crippen LogP contribution in [0.15, 0.2) is 18.2 Å². The van der Waals surface area contributed by atoms with Gasteiger partial charge in [-0.15, -0.1) is 0 Å². The van der Waals surface area contributed by atoms with Crippen molar-refractivity contribution in [2.45, 2.75) is 58.4 Å². The Morgan fingerprint density at radius 3 is 2.74 bits per heavy atom. The first-order valence-corrected chi connectivity index (χ1v) is 8.12. The van der Waals surface area contributed by atoms with E-state index in [4.69, 9.17) is 0 Å². The third kappa shape index (κ3) is 3.02. The summed E-state index contributed by atoms with van der Waals surface area (Å²) in [6, 6.07) is 7.89. The number of hydrogen-bond donors (Lipinski definition) is 1. The van der Waals surface area contributed by atoms with Gasteiger partial charge < -0.3 is 5.32 Å². The Hall–Kier alpha value is -0.820. The van der Waals surface area contributed by atoms with Gasteiger partial charge in [0.15, 0.2) is 0 Å². The van der Waals surface area contributed by atoms with Crippen LogP contribution >= 0.6 is 0 Å². The average molecular weight is 257 g/mol. The van der Waals surface area contributed by atoms with Crippen molar-refractivity contribution >= 4 is 0 Å². The quantitative estimate of drug-likeness (QED) is 0.818. The number of nitrogens with one attached hydrogen (secondary N) is 1. The zero-order chi connectivity index (χ0) is 13.2. The van der Waals surface area contributed by atoms with Crippen LogP contribution in [-0.4, -0.2) is 12.6 Å². The van der Waals surface area contributed by atoms with E-state index in [2.05, 4.69) is 37.4 Å². The first-order chi connectivity index (χ1) is 9.28. The highest BCUT2D eigenvalue weighted by Gasteiger charge is 2.32. The van der Waals surface area contributed by atoms with E-state index in [1.165, 1.54) is 38.5 Å². The van der Waals surface area contributed by atoms with Crippen LogP contribution in [0.3, 0.4) is 0 Å². The molecule has 0 radical (unpaired) electrons. The lowest BCUT2D eigenvalue weighted by atomic mass is 9.90. The summed E-state index contributed by atoms with van der Waals surface area (Å²) in [5, 5.41) is 3.72. The Balaban J connectivity index is 1.70. The van der Waals surface area contributed by atoms with Crippen LogP contribution in [-0.2, 0) is 19.3 Å². The molecule has 2 aliphatic carbocycles. The molecule has 2 atom stereocenters. The van der Waals surface area contributed by atoms with Crippen molar-refractivity contribution < 1.29 is 0 Å². The number of likely N-dealkylation sites (N-methyl/N-ethyl adjacent to an activating group) is 1. The molecule has 0 aliphatic heterocycles. The second-order valence-electron chi connectivity index (χ2n) is 6.52. The zero-order valence-electron chi connectivity index (χ0n) is 12.4. The molecule has 2 unspecified atom stereocenters. The van der Waals surface area contributed by atoms with E-state index in [0.717, 1.165) is 18.4 Å². The number of benzene rings is 1. The van der Waals surface area contributed by atoms with Crippen LogP contribution in [0, 0.1) is 11.8 Å². The van der Waals surface area contributed by atoms with Crippen molar-refractivity contribution in [1.82, 2.24) is 5.32 Å². The van der Waals surface area contributed by atoms with Crippen LogP contribution in [0.1, 0.15) is 49.8 Å². The molecule has 1 N–H and O–H groups in total. The van der Waals surface area contributed by atoms with Gasteiger partial charge in [-0.1, -0.05) is 32.0 Å². The Kier molecular flexibility index (Phi) is 3.93. The lowest BCUT2D eigenvalue weighted by molar-refractivity contribution is 0.344. The molecule has 0 amide bonds. The molecule has 1 heteroatoms. The van der Waals surface area contributed by atoms with Gasteiger partial charge >= 0.3 is 0 Å². The predicted molar refractivity (Wildman–Crippen MR) is 81.5 cm³/mol. The molecule has 0 aromatic heterocycles. The Morgan fingerprint density at radius 2 is 2.00 bits per heavy atom. The van der Waals surface area contributed by atoms with Crippen LogP contribution in [0.2, 0.25) is 0 Å². The van der Waals surface area contributed by atoms with E-state index in [1.807, 2.05) is 0 Å². The number of aryl methyl sites for hydroxylation is 2. The number of hydrogen-bond acceptors (Lipinski definition) is 1. The van der Waals surface area contributed by atoms with Gasteiger partial charge in [0, 0.05) is 6.04 Å². The lowest BCUT2D eigenvalue weighted by Gasteiger charge is -2.25. The highest BCUT2D eigenvalue weighted by Crippen LogP contribution is 2.39. The van der Waals surface area contributed by atoms with Gasteiger partial charge in [-0.2, -0.15) is 0 Å². The molecule has 0 spiro atoms. The minimum atomic E-state index is 0.664. The molecule has 19 heavy (non-hydrogen) atoms. The summed E-state index contributed by atoms with van der Waals surface area (Å²) >= 11 is 0. The van der Waals surface area contributed by atoms with Crippen molar-refractivity contribution in [2.24, 2.45) is 11.8 Å². The molecule has 1 nitrogen and oxygen atoms in total. The Morgan fingerprint density at radius 1 is 1.21 bits per heavy atom. The summed E-state index contributed by atoms with van der Waals surface area (Å²) < 4.78 is 0. The van der Waals surface area contributed by atoms with Crippen LogP contribution in [0.4, 0.5) is 0 Å². The SMILES string of the molecule is CCNC(Cc1ccc2c(c1)CCC2)C(C)C1CC1. The maximum absolute atomic E-state index is 3.72. The summed E-state index contributed by atoms with van der Waals surface area (Å²) in [4.78, 5) is 0. The van der Waals surface area contributed by atoms with E-state index in [1.54, 1.807) is 16.7 Å². The largest absolute Gasteiger partial charge is 0.314 e. The summed E-state index contributed by atoms with van der Waals surface area (Å²) in [6.07, 6.45) is 8.06. The molecule has 1 aromatic rings. The molecule has 104 valence electrons. The molecule has 2 aliphatic rings. The number of rotatable bonds is 6. The predicted octanol–water partition coefficient (Wildman–Crippen LogP) is 3.74. The molecule has 3 rings (SSSR count). The van der Waals surface area contributed by atoms with Crippen molar-refractivity contribution in [1.29, 1.82) is 0 Å². The van der Waals surface area contributed by atoms with E-state index >= 15 is 0 Å². The lowest BCUT2D eigenvalue weighted by Crippen LogP contribution is -2.37. The van der Waals surface area contributed by atoms with Crippen LogP contribution in [0.25, 0.3) is 0 Å². The zero-order valence-corrected chi connectivity index (χ0v) is 12.4. The van der Waals surface area contributed by atoms with Crippen LogP contribution < -0.4 is 5.32 Å². The minimum Gasteiger partial charge on any atom is -0.314 e. The third-order valence-corrected chi connectivity index (χ3v) is 5.09. The second kappa shape index (κ2) is 5.66. The highest BCUT2D eigenvalue weighted by atomic mass is 14.9. The fourth-order valence-corrected chi connectivity index (χ4v) is 3.66. The average Bonchev–Trinajstić information content (AvgIpc) is 3.16. The molecule has 0 bridgehead atoms. The summed E-state index contributed by atoms with van der Waals surface area (Å²) in [6.45, 7) is 5.76. The molecule has 0 heterocycles. The minimum absolute atomic E-state index is 0.664. The third-order valence-electron chi connectivity index (χ3n) is 5.09. The summed E-state index contributed by atoms with van der Waals surface area (Å²) in [5.74, 6) is 1.81. The van der Waals surface area contributed by atoms with E-state index in [0.29, 0.717) is 6.04 Å². The normalized spacial score (nSPS) is 21.2. The molecule has 1 aromatic carbocycles. The topological polar surface area (TPSA) is 12.0 Å². The van der Waals surface area contributed by atoms with Crippen LogP contribution in [0.5, 0.6) is 0 Å². The standard InChI is InChI=1S/C18H27N/c1-3-19-18(13(2)15-9-10-15)12-14-7-8-16-5-4-6-17(16)11-14/h7-8,11,13,15,18-19H,3-6,9-10,12H2,1-2H3. The first-order valence-electron chi connectivity index (χ1n) is 8.12. The molecule has 1 fully saturated rings. The van der Waals surface area contributed by atoms with Gasteiger partial charge in [0.2, 0.25) is 0 Å². The Bertz CT molecular complexity index is 433. The van der Waals surface area contributed by atoms with E-state index < -0.39 is 0 Å². The molecule has 1 saturated carbocycles. The Labute approximate surface area is 117 Å². The van der Waals surface area contributed by atoms with Crippen molar-refractivity contribution in [3.05, 3.63) is 34.9 Å². The maximum atomic E-state index is 3.72. The van der Waals surface area contributed by atoms with E-state index in [-0.39, 0.29) is 0 Å². The fourth-order valence-electron chi connectivity index (χ4n) is 3.66. The molecular formula is C18H27N. The highest BCUT2D eigenvalue weighted by molar-refractivity contribution is 5.35. The smallest absolute Gasteiger partial charge is 0.0136 e. The van der Waals surface area contributed by atoms with Crippen molar-refractivity contribution in [2.75, 3.05) is 6.54 Å². The van der Waals surface area contributed by atoms with Gasteiger partial charge in [0.05, 0.1) is 0 Å². The monoisotopic (exact) mass is 257 g/mol. The second-order valence-corrected chi connectivity index (χ2v) is 6.52. The summed E-state index contributed by atoms with van der Waals surface area (Å²) in [7, 11) is 0. The van der Waals surface area contributed by atoms with Gasteiger partial charge in [-0.05, 0) is 73.6 Å². The van der Waals surface area contributed by atoms with Gasteiger partial charge in [0.25, 0.3) is 0 Å². The molecule has 0 saturated heterocycles.